The highest BCUT2D eigenvalue weighted by molar-refractivity contribution is 6.03. The van der Waals surface area contributed by atoms with Crippen LogP contribution in [0.1, 0.15) is 51.4 Å². The van der Waals surface area contributed by atoms with Crippen molar-refractivity contribution in [3.8, 4) is 0 Å². The first-order valence-corrected chi connectivity index (χ1v) is 7.91. The van der Waals surface area contributed by atoms with Crippen molar-refractivity contribution in [1.82, 2.24) is 0 Å². The van der Waals surface area contributed by atoms with Crippen LogP contribution in [-0.4, -0.2) is 24.1 Å². The van der Waals surface area contributed by atoms with Crippen LogP contribution in [0, 0.1) is 11.8 Å². The average molecular weight is 276 g/mol. The summed E-state index contributed by atoms with van der Waals surface area (Å²) in [6, 6.07) is 0. The molecule has 0 radical (unpaired) electrons. The summed E-state index contributed by atoms with van der Waals surface area (Å²) in [5, 5.41) is 0. The van der Waals surface area contributed by atoms with Crippen molar-refractivity contribution in [2.75, 3.05) is 0 Å². The molecule has 0 aromatic heterocycles. The van der Waals surface area contributed by atoms with E-state index < -0.39 is 0 Å². The zero-order valence-corrected chi connectivity index (χ0v) is 11.6. The SMILES string of the molecule is O=C1O[C@@H]2CCCC[C@@H]2/C1=C1/C(=O)O[C@H]2CCCC[C@@H]12. The Morgan fingerprint density at radius 2 is 1.05 bits per heavy atom. The Hall–Kier alpha value is -1.32. The summed E-state index contributed by atoms with van der Waals surface area (Å²) in [7, 11) is 0. The number of carbonyl (C=O) groups is 2. The molecule has 0 N–H and O–H groups in total. The van der Waals surface area contributed by atoms with Crippen LogP contribution in [-0.2, 0) is 19.1 Å². The highest BCUT2D eigenvalue weighted by Crippen LogP contribution is 2.46. The molecular weight excluding hydrogens is 256 g/mol. The second-order valence-corrected chi connectivity index (χ2v) is 6.50. The molecule has 4 fully saturated rings. The summed E-state index contributed by atoms with van der Waals surface area (Å²) >= 11 is 0. The van der Waals surface area contributed by atoms with Crippen molar-refractivity contribution >= 4 is 11.9 Å². The van der Waals surface area contributed by atoms with Gasteiger partial charge in [-0.2, -0.15) is 0 Å². The van der Waals surface area contributed by atoms with E-state index in [1.807, 2.05) is 0 Å². The number of rotatable bonds is 0. The predicted octanol–water partition coefficient (Wildman–Crippen LogP) is 2.51. The number of esters is 2. The van der Waals surface area contributed by atoms with Gasteiger partial charge in [-0.1, -0.05) is 12.8 Å². The maximum atomic E-state index is 12.3. The first-order chi connectivity index (χ1) is 9.75. The summed E-state index contributed by atoms with van der Waals surface area (Å²) in [5.41, 5.74) is 1.35. The Morgan fingerprint density at radius 1 is 0.650 bits per heavy atom. The molecule has 2 heterocycles. The van der Waals surface area contributed by atoms with Gasteiger partial charge in [0.15, 0.2) is 0 Å². The zero-order valence-electron chi connectivity index (χ0n) is 11.6. The molecule has 0 amide bonds. The van der Waals surface area contributed by atoms with Gasteiger partial charge < -0.3 is 9.47 Å². The minimum atomic E-state index is -0.250. The highest BCUT2D eigenvalue weighted by Gasteiger charge is 2.50. The van der Waals surface area contributed by atoms with E-state index in [0.29, 0.717) is 11.1 Å². The Labute approximate surface area is 118 Å². The fourth-order valence-electron chi connectivity index (χ4n) is 4.46. The van der Waals surface area contributed by atoms with Gasteiger partial charge in [-0.3, -0.25) is 0 Å². The molecule has 2 saturated heterocycles. The normalized spacial score (nSPS) is 43.8. The summed E-state index contributed by atoms with van der Waals surface area (Å²) in [5.74, 6) is -0.223. The monoisotopic (exact) mass is 276 g/mol. The van der Waals surface area contributed by atoms with Gasteiger partial charge in [-0.05, 0) is 38.5 Å². The molecular formula is C16H20O4. The maximum Gasteiger partial charge on any atom is 0.335 e. The van der Waals surface area contributed by atoms with Crippen LogP contribution < -0.4 is 0 Å². The van der Waals surface area contributed by atoms with Gasteiger partial charge in [-0.15, -0.1) is 0 Å². The van der Waals surface area contributed by atoms with Gasteiger partial charge in [0.1, 0.15) is 12.2 Å². The third-order valence-corrected chi connectivity index (χ3v) is 5.39. The van der Waals surface area contributed by atoms with Crippen molar-refractivity contribution in [2.24, 2.45) is 11.8 Å². The summed E-state index contributed by atoms with van der Waals surface area (Å²) in [6.07, 6.45) is 8.33. The first kappa shape index (κ1) is 12.4. The Morgan fingerprint density at radius 3 is 1.50 bits per heavy atom. The molecule has 4 heteroatoms. The summed E-state index contributed by atoms with van der Waals surface area (Å²) in [6.45, 7) is 0. The molecule has 0 aromatic rings. The van der Waals surface area contributed by atoms with E-state index in [-0.39, 0.29) is 36.0 Å². The van der Waals surface area contributed by atoms with Crippen molar-refractivity contribution in [3.63, 3.8) is 0 Å². The second kappa shape index (κ2) is 4.61. The fraction of sp³-hybridized carbons (Fsp3) is 0.750. The van der Waals surface area contributed by atoms with Crippen LogP contribution in [0.25, 0.3) is 0 Å². The molecule has 0 bridgehead atoms. The molecule has 108 valence electrons. The minimum absolute atomic E-state index is 0.00851. The van der Waals surface area contributed by atoms with Crippen LogP contribution in [0.5, 0.6) is 0 Å². The largest absolute Gasteiger partial charge is 0.458 e. The third-order valence-electron chi connectivity index (χ3n) is 5.39. The van der Waals surface area contributed by atoms with E-state index in [9.17, 15) is 9.59 Å². The molecule has 2 saturated carbocycles. The Bertz CT molecular complexity index is 449. The van der Waals surface area contributed by atoms with Gasteiger partial charge >= 0.3 is 11.9 Å². The van der Waals surface area contributed by atoms with Gasteiger partial charge in [-0.25, -0.2) is 9.59 Å². The van der Waals surface area contributed by atoms with Gasteiger partial charge in [0.2, 0.25) is 0 Å². The van der Waals surface area contributed by atoms with Gasteiger partial charge in [0.25, 0.3) is 0 Å². The second-order valence-electron chi connectivity index (χ2n) is 6.50. The molecule has 0 unspecified atom stereocenters. The maximum absolute atomic E-state index is 12.3. The standard InChI is InChI=1S/C16H20O4/c17-15-13(9-5-1-3-7-11(9)19-15)14-10-6-2-4-8-12(10)20-16(14)18/h9-12H,1-8H2/b14-13-/t9-,10+,11+,12-. The van der Waals surface area contributed by atoms with E-state index in [2.05, 4.69) is 0 Å². The van der Waals surface area contributed by atoms with Crippen molar-refractivity contribution in [3.05, 3.63) is 11.1 Å². The lowest BCUT2D eigenvalue weighted by molar-refractivity contribution is -0.141. The van der Waals surface area contributed by atoms with Crippen LogP contribution >= 0.6 is 0 Å². The molecule has 4 nitrogen and oxygen atoms in total. The van der Waals surface area contributed by atoms with E-state index >= 15 is 0 Å². The molecule has 4 rings (SSSR count). The lowest BCUT2D eigenvalue weighted by Gasteiger charge is -2.25. The Balaban J connectivity index is 1.75. The predicted molar refractivity (Wildman–Crippen MR) is 70.7 cm³/mol. The summed E-state index contributed by atoms with van der Waals surface area (Å²) in [4.78, 5) is 24.5. The topological polar surface area (TPSA) is 52.6 Å². The molecule has 2 aliphatic heterocycles. The number of hydrogen-bond donors (Lipinski definition) is 0. The smallest absolute Gasteiger partial charge is 0.335 e. The average Bonchev–Trinajstić information content (AvgIpc) is 2.94. The molecule has 4 aliphatic rings. The summed E-state index contributed by atoms with van der Waals surface area (Å²) < 4.78 is 11.0. The van der Waals surface area contributed by atoms with Crippen LogP contribution in [0.2, 0.25) is 0 Å². The van der Waals surface area contributed by atoms with E-state index in [1.165, 1.54) is 0 Å². The molecule has 0 aromatic carbocycles. The lowest BCUT2D eigenvalue weighted by Crippen LogP contribution is -2.24. The van der Waals surface area contributed by atoms with Gasteiger partial charge in [0.05, 0.1) is 11.1 Å². The molecule has 2 aliphatic carbocycles. The zero-order chi connectivity index (χ0) is 13.7. The molecule has 20 heavy (non-hydrogen) atoms. The fourth-order valence-corrected chi connectivity index (χ4v) is 4.46. The van der Waals surface area contributed by atoms with Crippen molar-refractivity contribution in [2.45, 2.75) is 63.6 Å². The Kier molecular flexibility index (Phi) is 2.86. The minimum Gasteiger partial charge on any atom is -0.458 e. The number of ether oxygens (including phenoxy) is 2. The van der Waals surface area contributed by atoms with Crippen molar-refractivity contribution < 1.29 is 19.1 Å². The quantitative estimate of drug-likeness (QED) is 0.504. The van der Waals surface area contributed by atoms with E-state index in [1.54, 1.807) is 0 Å². The van der Waals surface area contributed by atoms with Crippen LogP contribution in [0.4, 0.5) is 0 Å². The number of fused-ring (bicyclic) bond motifs is 2. The molecule has 0 spiro atoms. The first-order valence-electron chi connectivity index (χ1n) is 7.91. The molecule has 4 atom stereocenters. The van der Waals surface area contributed by atoms with Gasteiger partial charge in [0, 0.05) is 11.8 Å². The third kappa shape index (κ3) is 1.73. The van der Waals surface area contributed by atoms with E-state index in [0.717, 1.165) is 51.4 Å². The van der Waals surface area contributed by atoms with Crippen LogP contribution in [0.3, 0.4) is 0 Å². The highest BCUT2D eigenvalue weighted by atomic mass is 16.6. The van der Waals surface area contributed by atoms with E-state index in [4.69, 9.17) is 9.47 Å². The lowest BCUT2D eigenvalue weighted by atomic mass is 9.76. The number of hydrogen-bond acceptors (Lipinski definition) is 4. The van der Waals surface area contributed by atoms with Crippen molar-refractivity contribution in [1.29, 1.82) is 0 Å². The number of carbonyl (C=O) groups excluding carboxylic acids is 2. The van der Waals surface area contributed by atoms with Crippen LogP contribution in [0.15, 0.2) is 11.1 Å².